The Morgan fingerprint density at radius 2 is 1.74 bits per heavy atom. The summed E-state index contributed by atoms with van der Waals surface area (Å²) in [7, 11) is 0. The first-order valence-corrected chi connectivity index (χ1v) is 7.28. The molecule has 0 saturated carbocycles. The van der Waals surface area contributed by atoms with Crippen LogP contribution < -0.4 is 0 Å². The summed E-state index contributed by atoms with van der Waals surface area (Å²) in [5.74, 6) is -1.65. The van der Waals surface area contributed by atoms with Crippen molar-refractivity contribution in [3.8, 4) is 11.3 Å². The molecule has 0 spiro atoms. The smallest absolute Gasteiger partial charge is 0.310 e. The topological polar surface area (TPSA) is 39.2 Å². The van der Waals surface area contributed by atoms with Crippen LogP contribution in [0.4, 0.5) is 8.78 Å². The predicted octanol–water partition coefficient (Wildman–Crippen LogP) is 4.22. The number of benzene rings is 1. The third kappa shape index (κ3) is 4.84. The van der Waals surface area contributed by atoms with Crippen molar-refractivity contribution >= 4 is 5.97 Å². The highest BCUT2D eigenvalue weighted by Gasteiger charge is 2.17. The lowest BCUT2D eigenvalue weighted by atomic mass is 10.0. The van der Waals surface area contributed by atoms with Crippen LogP contribution in [0.5, 0.6) is 0 Å². The summed E-state index contributed by atoms with van der Waals surface area (Å²) in [5, 5.41) is 0. The summed E-state index contributed by atoms with van der Waals surface area (Å²) >= 11 is 0. The molecule has 5 heteroatoms. The quantitative estimate of drug-likeness (QED) is 0.795. The van der Waals surface area contributed by atoms with Crippen molar-refractivity contribution in [2.24, 2.45) is 0 Å². The zero-order chi connectivity index (χ0) is 17.2. The zero-order valence-electron chi connectivity index (χ0n) is 13.6. The van der Waals surface area contributed by atoms with Crippen molar-refractivity contribution in [2.45, 2.75) is 39.7 Å². The number of carbonyl (C=O) groups excluding carboxylic acids is 1. The minimum Gasteiger partial charge on any atom is -0.460 e. The molecule has 0 N–H and O–H groups in total. The number of pyridine rings is 1. The van der Waals surface area contributed by atoms with E-state index in [1.807, 2.05) is 6.92 Å². The minimum absolute atomic E-state index is 0.105. The number of nitrogens with zero attached hydrogens (tertiary/aromatic N) is 1. The lowest BCUT2D eigenvalue weighted by molar-refractivity contribution is -0.153. The molecule has 0 saturated heterocycles. The fourth-order valence-corrected chi connectivity index (χ4v) is 2.16. The van der Waals surface area contributed by atoms with E-state index in [0.29, 0.717) is 11.3 Å². The first kappa shape index (κ1) is 17.1. The van der Waals surface area contributed by atoms with Crippen LogP contribution in [-0.2, 0) is 16.0 Å². The minimum atomic E-state index is -0.655. The Bertz CT molecular complexity index is 716. The van der Waals surface area contributed by atoms with Gasteiger partial charge in [0, 0.05) is 17.8 Å². The van der Waals surface area contributed by atoms with E-state index < -0.39 is 17.2 Å². The molecule has 0 radical (unpaired) electrons. The lowest BCUT2D eigenvalue weighted by Crippen LogP contribution is -2.25. The second-order valence-electron chi connectivity index (χ2n) is 6.42. The van der Waals surface area contributed by atoms with Crippen LogP contribution in [-0.4, -0.2) is 16.6 Å². The normalized spacial score (nSPS) is 11.4. The summed E-state index contributed by atoms with van der Waals surface area (Å²) < 4.78 is 31.9. The molecule has 0 unspecified atom stereocenters. The van der Waals surface area contributed by atoms with Gasteiger partial charge in [0.05, 0.1) is 12.1 Å². The summed E-state index contributed by atoms with van der Waals surface area (Å²) in [6.07, 6.45) is 1.64. The highest BCUT2D eigenvalue weighted by Crippen LogP contribution is 2.22. The fraction of sp³-hybridized carbons (Fsp3) is 0.333. The van der Waals surface area contributed by atoms with E-state index in [1.54, 1.807) is 26.8 Å². The molecule has 23 heavy (non-hydrogen) atoms. The van der Waals surface area contributed by atoms with Gasteiger partial charge in [0.15, 0.2) is 0 Å². The molecule has 0 atom stereocenters. The van der Waals surface area contributed by atoms with Gasteiger partial charge in [-0.05, 0) is 57.0 Å². The summed E-state index contributed by atoms with van der Waals surface area (Å²) in [6, 6.07) is 4.96. The number of hydrogen-bond acceptors (Lipinski definition) is 3. The van der Waals surface area contributed by atoms with Crippen molar-refractivity contribution in [3.05, 3.63) is 53.2 Å². The SMILES string of the molecule is Cc1cc(-c2cc(F)cc(F)c2)ncc1CC(=O)OC(C)(C)C. The molecule has 0 aliphatic rings. The summed E-state index contributed by atoms with van der Waals surface area (Å²) in [5.41, 5.74) is 1.80. The molecule has 0 aliphatic carbocycles. The van der Waals surface area contributed by atoms with Gasteiger partial charge in [-0.3, -0.25) is 9.78 Å². The second kappa shape index (κ2) is 6.44. The molecule has 0 bridgehead atoms. The molecule has 122 valence electrons. The van der Waals surface area contributed by atoms with E-state index in [0.717, 1.165) is 17.2 Å². The first-order valence-electron chi connectivity index (χ1n) is 7.28. The third-order valence-corrected chi connectivity index (χ3v) is 3.13. The van der Waals surface area contributed by atoms with E-state index in [9.17, 15) is 13.6 Å². The van der Waals surface area contributed by atoms with Gasteiger partial charge < -0.3 is 4.74 Å². The first-order chi connectivity index (χ1) is 10.6. The third-order valence-electron chi connectivity index (χ3n) is 3.13. The van der Waals surface area contributed by atoms with E-state index in [4.69, 9.17) is 4.74 Å². The van der Waals surface area contributed by atoms with E-state index in [2.05, 4.69) is 4.98 Å². The van der Waals surface area contributed by atoms with Crippen molar-refractivity contribution in [2.75, 3.05) is 0 Å². The molecular formula is C18H19F2NO2. The molecule has 1 aromatic heterocycles. The average Bonchev–Trinajstić information content (AvgIpc) is 2.37. The maximum Gasteiger partial charge on any atom is 0.310 e. The van der Waals surface area contributed by atoms with Gasteiger partial charge >= 0.3 is 5.97 Å². The largest absolute Gasteiger partial charge is 0.460 e. The van der Waals surface area contributed by atoms with Crippen LogP contribution in [0.2, 0.25) is 0 Å². The van der Waals surface area contributed by atoms with Crippen LogP contribution in [0.25, 0.3) is 11.3 Å². The summed E-state index contributed by atoms with van der Waals surface area (Å²) in [6.45, 7) is 7.23. The maximum absolute atomic E-state index is 13.3. The van der Waals surface area contributed by atoms with Crippen LogP contribution >= 0.6 is 0 Å². The Balaban J connectivity index is 2.22. The Labute approximate surface area is 134 Å². The van der Waals surface area contributed by atoms with Crippen molar-refractivity contribution < 1.29 is 18.3 Å². The number of hydrogen-bond donors (Lipinski definition) is 0. The molecule has 1 aromatic carbocycles. The number of rotatable bonds is 3. The van der Waals surface area contributed by atoms with Gasteiger partial charge in [0.2, 0.25) is 0 Å². The van der Waals surface area contributed by atoms with E-state index in [1.165, 1.54) is 18.3 Å². The maximum atomic E-state index is 13.3. The van der Waals surface area contributed by atoms with Crippen LogP contribution in [0, 0.1) is 18.6 Å². The van der Waals surface area contributed by atoms with Gasteiger partial charge in [-0.2, -0.15) is 0 Å². The molecule has 2 aromatic rings. The number of carbonyl (C=O) groups is 1. The van der Waals surface area contributed by atoms with E-state index in [-0.39, 0.29) is 12.4 Å². The van der Waals surface area contributed by atoms with Crippen LogP contribution in [0.3, 0.4) is 0 Å². The van der Waals surface area contributed by atoms with Crippen molar-refractivity contribution in [3.63, 3.8) is 0 Å². The van der Waals surface area contributed by atoms with E-state index >= 15 is 0 Å². The molecule has 0 fully saturated rings. The van der Waals surface area contributed by atoms with Gasteiger partial charge in [-0.1, -0.05) is 0 Å². The molecule has 2 rings (SSSR count). The van der Waals surface area contributed by atoms with Gasteiger partial charge in [0.1, 0.15) is 17.2 Å². The fourth-order valence-electron chi connectivity index (χ4n) is 2.16. The second-order valence-corrected chi connectivity index (χ2v) is 6.42. The molecule has 3 nitrogen and oxygen atoms in total. The lowest BCUT2D eigenvalue weighted by Gasteiger charge is -2.19. The standard InChI is InChI=1S/C18H19F2NO2/c1-11-5-16(12-6-14(19)9-15(20)7-12)21-10-13(11)8-17(22)23-18(2,3)4/h5-7,9-10H,8H2,1-4H3. The van der Waals surface area contributed by atoms with Crippen LogP contribution in [0.15, 0.2) is 30.5 Å². The Kier molecular flexibility index (Phi) is 4.78. The van der Waals surface area contributed by atoms with Crippen molar-refractivity contribution in [1.82, 2.24) is 4.98 Å². The molecular weight excluding hydrogens is 300 g/mol. The highest BCUT2D eigenvalue weighted by molar-refractivity contribution is 5.73. The van der Waals surface area contributed by atoms with Crippen LogP contribution in [0.1, 0.15) is 31.9 Å². The Hall–Kier alpha value is -2.30. The predicted molar refractivity (Wildman–Crippen MR) is 83.9 cm³/mol. The molecule has 1 heterocycles. The molecule has 0 amide bonds. The summed E-state index contributed by atoms with van der Waals surface area (Å²) in [4.78, 5) is 16.1. The Morgan fingerprint density at radius 3 is 2.26 bits per heavy atom. The number of aryl methyl sites for hydroxylation is 1. The average molecular weight is 319 g/mol. The van der Waals surface area contributed by atoms with Gasteiger partial charge in [-0.15, -0.1) is 0 Å². The number of esters is 1. The van der Waals surface area contributed by atoms with Gasteiger partial charge in [0.25, 0.3) is 0 Å². The number of ether oxygens (including phenoxy) is 1. The highest BCUT2D eigenvalue weighted by atomic mass is 19.1. The number of aromatic nitrogens is 1. The number of halogens is 2. The monoisotopic (exact) mass is 319 g/mol. The van der Waals surface area contributed by atoms with Gasteiger partial charge in [-0.25, -0.2) is 8.78 Å². The van der Waals surface area contributed by atoms with Crippen molar-refractivity contribution in [1.29, 1.82) is 0 Å². The molecule has 0 aliphatic heterocycles. The zero-order valence-corrected chi connectivity index (χ0v) is 13.6. The Morgan fingerprint density at radius 1 is 1.13 bits per heavy atom.